The summed E-state index contributed by atoms with van der Waals surface area (Å²) in [6.07, 6.45) is 7.02. The van der Waals surface area contributed by atoms with Gasteiger partial charge in [0, 0.05) is 0 Å². The summed E-state index contributed by atoms with van der Waals surface area (Å²) < 4.78 is 0. The van der Waals surface area contributed by atoms with Gasteiger partial charge in [-0.05, 0) is 146 Å². The normalized spacial score (nSPS) is 11.1. The van der Waals surface area contributed by atoms with E-state index >= 15 is 0 Å². The van der Waals surface area contributed by atoms with Gasteiger partial charge < -0.3 is 14.9 Å². The Balaban J connectivity index is 0.000000181. The Morgan fingerprint density at radius 2 is 0.477 bits per heavy atom. The summed E-state index contributed by atoms with van der Waals surface area (Å²) >= 11 is 1.36. The number of fused-ring (bicyclic) bond motifs is 10. The molecule has 4 heteroatoms. The van der Waals surface area contributed by atoms with Crippen LogP contribution in [0.1, 0.15) is 50.7 Å². The number of hydrogen-bond donors (Lipinski definition) is 0. The molecule has 16 rings (SSSR count). The molecule has 0 aliphatic rings. The molecule has 2 radical (unpaired) electrons. The van der Waals surface area contributed by atoms with E-state index in [0.29, 0.717) is 0 Å². The van der Waals surface area contributed by atoms with Crippen LogP contribution in [0.2, 0.25) is 0 Å². The average molecular weight is 1270 g/mol. The SMILES string of the molecule is CCCCc1cc2c(-c3c4ccccc4cc4ccccc34)ccc(-c3c4ccccc4cc4ccccc34)c2[cH-]1.CCCCc1cc2c(-c3c4ccccc4cc4ccccc34)ccc(-c3c4ccccc4cc4ccccc34)c2[cH-]1.Cl.Cl.[CH3-].[CH3-].[Si]=[Zr]. The standard InChI is InChI=1S/2C41H31.2CH3.2ClH.Si.Zr/c2*1-2-3-12-27-23-38-36(40-32-17-8-4-13-28(32)25-29-14-5-9-18-33(29)40)21-22-37(39(38)24-27)41-34-19-10-6-15-30(34)26-31-16-7-11-20-35(31)41;;;;;;/h2*4-11,13-26H,2-3,12H2,1H3;2*1H3;2*1H;;/q4*-1;;;;. The Kier molecular flexibility index (Phi) is 19.8. The fourth-order valence-corrected chi connectivity index (χ4v) is 13.9. The monoisotopic (exact) mass is 1270 g/mol. The third-order valence-corrected chi connectivity index (χ3v) is 17.7. The number of benzene rings is 14. The first-order valence-corrected chi connectivity index (χ1v) is 34.1. The molecule has 0 fully saturated rings. The summed E-state index contributed by atoms with van der Waals surface area (Å²) in [6, 6.07) is 99.7. The van der Waals surface area contributed by atoms with Gasteiger partial charge in [0.1, 0.15) is 0 Å². The van der Waals surface area contributed by atoms with Crippen molar-refractivity contribution in [1.29, 1.82) is 0 Å². The summed E-state index contributed by atoms with van der Waals surface area (Å²) in [5.41, 5.74) is 13.5. The maximum absolute atomic E-state index is 3.06. The van der Waals surface area contributed by atoms with Crippen molar-refractivity contribution in [1.82, 2.24) is 0 Å². The van der Waals surface area contributed by atoms with Crippen LogP contribution in [0.5, 0.6) is 0 Å². The Morgan fingerprint density at radius 3 is 0.705 bits per heavy atom. The molecule has 0 unspecified atom stereocenters. The Labute approximate surface area is 548 Å². The molecule has 0 bridgehead atoms. The summed E-state index contributed by atoms with van der Waals surface area (Å²) in [4.78, 5) is 0. The van der Waals surface area contributed by atoms with Crippen molar-refractivity contribution in [2.75, 3.05) is 0 Å². The van der Waals surface area contributed by atoms with Gasteiger partial charge in [0.15, 0.2) is 0 Å². The molecule has 0 saturated carbocycles. The van der Waals surface area contributed by atoms with E-state index in [1.54, 1.807) is 0 Å². The Bertz CT molecular complexity index is 4330. The van der Waals surface area contributed by atoms with Crippen molar-refractivity contribution in [3.8, 4) is 44.5 Å². The maximum atomic E-state index is 3.06. The molecular weight excluding hydrogens is 1200 g/mol. The molecule has 432 valence electrons. The van der Waals surface area contributed by atoms with Crippen LogP contribution in [0.4, 0.5) is 0 Å². The molecule has 0 atom stereocenters. The van der Waals surface area contributed by atoms with Crippen LogP contribution in [0.3, 0.4) is 0 Å². The second kappa shape index (κ2) is 27.6. The third kappa shape index (κ3) is 11.4. The summed E-state index contributed by atoms with van der Waals surface area (Å²) in [5, 5.41) is 26.2. The van der Waals surface area contributed by atoms with Crippen molar-refractivity contribution in [3.05, 3.63) is 293 Å². The van der Waals surface area contributed by atoms with E-state index in [1.165, 1.54) is 212 Å². The minimum atomic E-state index is 0. The fourth-order valence-electron chi connectivity index (χ4n) is 13.9. The predicted molar refractivity (Wildman–Crippen MR) is 391 cm³/mol. The van der Waals surface area contributed by atoms with Gasteiger partial charge in [0.05, 0.1) is 0 Å². The molecule has 88 heavy (non-hydrogen) atoms. The van der Waals surface area contributed by atoms with Gasteiger partial charge in [-0.2, -0.15) is 12.1 Å². The molecular formula is C84H70Cl2SiZr-4. The van der Waals surface area contributed by atoms with E-state index in [1.807, 2.05) is 0 Å². The van der Waals surface area contributed by atoms with Crippen molar-refractivity contribution < 1.29 is 23.3 Å². The van der Waals surface area contributed by atoms with Crippen LogP contribution < -0.4 is 0 Å². The first kappa shape index (κ1) is 63.1. The topological polar surface area (TPSA) is 0 Å². The number of hydrogen-bond acceptors (Lipinski definition) is 0. The summed E-state index contributed by atoms with van der Waals surface area (Å²) in [5.74, 6) is 0. The molecule has 0 N–H and O–H groups in total. The van der Waals surface area contributed by atoms with Gasteiger partial charge in [-0.3, -0.25) is 0 Å². The predicted octanol–water partition coefficient (Wildman–Crippen LogP) is 25.1. The van der Waals surface area contributed by atoms with Crippen LogP contribution in [-0.4, -0.2) is 6.88 Å². The number of aryl methyl sites for hydroxylation is 2. The quantitative estimate of drug-likeness (QED) is 0.0727. The zero-order chi connectivity index (χ0) is 56.7. The van der Waals surface area contributed by atoms with E-state index in [9.17, 15) is 0 Å². The zero-order valence-corrected chi connectivity index (χ0v) is 55.6. The molecule has 0 heterocycles. The van der Waals surface area contributed by atoms with Gasteiger partial charge in [0.25, 0.3) is 0 Å². The first-order valence-electron chi connectivity index (χ1n) is 29.9. The van der Waals surface area contributed by atoms with E-state index in [0.717, 1.165) is 12.8 Å². The van der Waals surface area contributed by atoms with Gasteiger partial charge in [-0.15, -0.1) is 69.6 Å². The number of halogens is 2. The van der Waals surface area contributed by atoms with Gasteiger partial charge >= 0.3 is 30.2 Å². The fraction of sp³-hybridized carbons (Fsp3) is 0.0952. The van der Waals surface area contributed by atoms with E-state index in [4.69, 9.17) is 0 Å². The van der Waals surface area contributed by atoms with Crippen LogP contribution in [-0.2, 0) is 36.2 Å². The van der Waals surface area contributed by atoms with Crippen LogP contribution in [0, 0.1) is 14.9 Å². The van der Waals surface area contributed by atoms with Gasteiger partial charge in [0.2, 0.25) is 0 Å². The van der Waals surface area contributed by atoms with E-state index < -0.39 is 0 Å². The molecule has 0 aliphatic carbocycles. The summed E-state index contributed by atoms with van der Waals surface area (Å²) in [7, 11) is 0. The second-order valence-electron chi connectivity index (χ2n) is 22.7. The van der Waals surface area contributed by atoms with Gasteiger partial charge in [-0.1, -0.05) is 280 Å². The van der Waals surface area contributed by atoms with Crippen molar-refractivity contribution in [3.63, 3.8) is 0 Å². The van der Waals surface area contributed by atoms with E-state index in [2.05, 4.69) is 288 Å². The molecule has 0 nitrogen and oxygen atoms in total. The summed E-state index contributed by atoms with van der Waals surface area (Å²) in [6.45, 7) is 7.63. The zero-order valence-electron chi connectivity index (χ0n) is 50.5. The number of unbranched alkanes of at least 4 members (excludes halogenated alkanes) is 2. The minimum absolute atomic E-state index is 0. The molecule has 0 aromatic heterocycles. The second-order valence-corrected chi connectivity index (χ2v) is 22.7. The van der Waals surface area contributed by atoms with Crippen molar-refractivity contribution in [2.24, 2.45) is 0 Å². The molecule has 0 amide bonds. The Hall–Kier alpha value is -7.94. The van der Waals surface area contributed by atoms with Crippen molar-refractivity contribution >= 4 is 139 Å². The molecule has 16 aromatic rings. The van der Waals surface area contributed by atoms with Crippen LogP contribution >= 0.6 is 24.8 Å². The molecule has 16 aromatic carbocycles. The van der Waals surface area contributed by atoms with Gasteiger partial charge in [-0.25, -0.2) is 0 Å². The molecule has 0 spiro atoms. The average Bonchev–Trinajstić information content (AvgIpc) is 1.40. The first-order chi connectivity index (χ1) is 41.6. The van der Waals surface area contributed by atoms with E-state index in [-0.39, 0.29) is 39.7 Å². The van der Waals surface area contributed by atoms with Crippen molar-refractivity contribution in [2.45, 2.75) is 52.4 Å². The van der Waals surface area contributed by atoms with Crippen LogP contribution in [0.25, 0.3) is 152 Å². The molecule has 0 aliphatic heterocycles. The molecule has 0 saturated heterocycles. The number of rotatable bonds is 10. The van der Waals surface area contributed by atoms with Crippen LogP contribution in [0.15, 0.2) is 267 Å². The Morgan fingerprint density at radius 1 is 0.273 bits per heavy atom. The third-order valence-electron chi connectivity index (χ3n) is 17.7.